The highest BCUT2D eigenvalue weighted by Gasteiger charge is 2.48. The number of hydrogen-bond acceptors (Lipinski definition) is 5. The van der Waals surface area contributed by atoms with Gasteiger partial charge in [0.15, 0.2) is 0 Å². The predicted octanol–water partition coefficient (Wildman–Crippen LogP) is 1.82. The molecule has 2 aliphatic carbocycles. The number of nitriles is 1. The summed E-state index contributed by atoms with van der Waals surface area (Å²) in [4.78, 5) is 50.0. The molecule has 4 unspecified atom stereocenters. The molecule has 4 N–H and O–H groups in total. The van der Waals surface area contributed by atoms with Gasteiger partial charge in [-0.3, -0.25) is 19.2 Å². The van der Waals surface area contributed by atoms with E-state index < -0.39 is 53.4 Å². The highest BCUT2D eigenvalue weighted by molar-refractivity contribution is 5.93. The third-order valence-electron chi connectivity index (χ3n) is 7.14. The maximum Gasteiger partial charge on any atom is 0.471 e. The summed E-state index contributed by atoms with van der Waals surface area (Å²) in [6.45, 7) is 4.49. The van der Waals surface area contributed by atoms with E-state index >= 15 is 0 Å². The second kappa shape index (κ2) is 10.3. The van der Waals surface area contributed by atoms with Crippen molar-refractivity contribution < 1.29 is 32.3 Å². The molecule has 0 aromatic heterocycles. The molecule has 4 amide bonds. The summed E-state index contributed by atoms with van der Waals surface area (Å²) in [5, 5.41) is 19.4. The van der Waals surface area contributed by atoms with E-state index in [1.54, 1.807) is 5.32 Å². The number of nitrogens with zero attached hydrogens (tertiary/aromatic N) is 1. The van der Waals surface area contributed by atoms with Gasteiger partial charge in [0.1, 0.15) is 18.1 Å². The maximum absolute atomic E-state index is 13.1. The molecule has 12 heteroatoms. The zero-order valence-corrected chi connectivity index (χ0v) is 20.8. The van der Waals surface area contributed by atoms with Crippen LogP contribution < -0.4 is 21.3 Å². The molecule has 1 aliphatic heterocycles. The van der Waals surface area contributed by atoms with Crippen molar-refractivity contribution in [1.82, 2.24) is 21.3 Å². The fourth-order valence-electron chi connectivity index (χ4n) is 4.52. The van der Waals surface area contributed by atoms with Gasteiger partial charge < -0.3 is 21.3 Å². The van der Waals surface area contributed by atoms with Crippen LogP contribution in [0.15, 0.2) is 0 Å². The molecule has 2 saturated carbocycles. The van der Waals surface area contributed by atoms with Crippen molar-refractivity contribution in [1.29, 1.82) is 5.26 Å². The van der Waals surface area contributed by atoms with E-state index in [-0.39, 0.29) is 30.2 Å². The molecule has 3 aliphatic rings. The Bertz CT molecular complexity index is 932. The molecule has 3 fully saturated rings. The van der Waals surface area contributed by atoms with Crippen LogP contribution in [0, 0.1) is 28.6 Å². The van der Waals surface area contributed by atoms with E-state index in [2.05, 4.69) is 16.0 Å². The lowest BCUT2D eigenvalue weighted by molar-refractivity contribution is -0.175. The van der Waals surface area contributed by atoms with Crippen molar-refractivity contribution in [3.63, 3.8) is 0 Å². The van der Waals surface area contributed by atoms with Gasteiger partial charge in [0.05, 0.1) is 6.07 Å². The van der Waals surface area contributed by atoms with Gasteiger partial charge in [-0.05, 0) is 49.9 Å². The molecule has 200 valence electrons. The van der Waals surface area contributed by atoms with Crippen molar-refractivity contribution in [2.75, 3.05) is 0 Å². The Labute approximate surface area is 208 Å². The first-order chi connectivity index (χ1) is 16.6. The molecule has 4 atom stereocenters. The number of hydrogen-bond donors (Lipinski definition) is 4. The number of halogens is 3. The van der Waals surface area contributed by atoms with Gasteiger partial charge >= 0.3 is 12.1 Å². The number of alkyl halides is 3. The summed E-state index contributed by atoms with van der Waals surface area (Å²) in [6.07, 6.45) is 0.252. The van der Waals surface area contributed by atoms with Crippen molar-refractivity contribution in [2.24, 2.45) is 17.3 Å². The number of carbonyl (C=O) groups excluding carboxylic acids is 4. The van der Waals surface area contributed by atoms with E-state index in [1.165, 1.54) is 20.8 Å². The second-order valence-electron chi connectivity index (χ2n) is 11.4. The first-order valence-corrected chi connectivity index (χ1v) is 12.3. The minimum atomic E-state index is -5.17. The third kappa shape index (κ3) is 7.34. The molecule has 3 rings (SSSR count). The minimum Gasteiger partial charge on any atom is -0.350 e. The summed E-state index contributed by atoms with van der Waals surface area (Å²) in [6, 6.07) is -1.61. The van der Waals surface area contributed by atoms with E-state index in [9.17, 15) is 37.6 Å². The summed E-state index contributed by atoms with van der Waals surface area (Å²) in [7, 11) is 0. The Morgan fingerprint density at radius 3 is 2.14 bits per heavy atom. The standard InChI is InChI=1S/C24H34F3N5O4/c1-22(2,3)17(31-21(36)24(25,26)27)20(35)30-16(10-13-4-5-13)19(34)29-15(12-28)11-14-6-7-23(8-9-23)32-18(14)33/h13-17H,4-11H2,1-3H3,(H,29,34)(H,30,35)(H,31,36)(H,32,33). The van der Waals surface area contributed by atoms with Crippen LogP contribution in [0.25, 0.3) is 0 Å². The fourth-order valence-corrected chi connectivity index (χ4v) is 4.52. The zero-order chi connectivity index (χ0) is 26.9. The SMILES string of the molecule is CC(C)(C)C(NC(=O)C(F)(F)F)C(=O)NC(CC1CC1)C(=O)NC(C#N)CC1CCC2(CC2)NC1=O. The van der Waals surface area contributed by atoms with Gasteiger partial charge in [-0.1, -0.05) is 33.6 Å². The van der Waals surface area contributed by atoms with Crippen LogP contribution in [0.2, 0.25) is 0 Å². The average Bonchev–Trinajstić information content (AvgIpc) is 3.69. The first-order valence-electron chi connectivity index (χ1n) is 12.3. The number of amides is 4. The number of carbonyl (C=O) groups is 4. The van der Waals surface area contributed by atoms with Gasteiger partial charge in [-0.2, -0.15) is 18.4 Å². The average molecular weight is 514 g/mol. The molecular weight excluding hydrogens is 479 g/mol. The van der Waals surface area contributed by atoms with E-state index in [0.29, 0.717) is 6.42 Å². The Hall–Kier alpha value is -2.84. The molecule has 0 aromatic carbocycles. The molecule has 36 heavy (non-hydrogen) atoms. The van der Waals surface area contributed by atoms with Crippen LogP contribution in [-0.2, 0) is 19.2 Å². The lowest BCUT2D eigenvalue weighted by atomic mass is 9.85. The molecule has 0 aromatic rings. The van der Waals surface area contributed by atoms with Crippen molar-refractivity contribution in [2.45, 2.75) is 102 Å². The number of piperidine rings is 1. The summed E-state index contributed by atoms with van der Waals surface area (Å²) < 4.78 is 38.4. The molecule has 0 bridgehead atoms. The molecular formula is C24H34F3N5O4. The Balaban J connectivity index is 1.64. The molecule has 9 nitrogen and oxygen atoms in total. The van der Waals surface area contributed by atoms with Crippen LogP contribution in [0.4, 0.5) is 13.2 Å². The lowest BCUT2D eigenvalue weighted by Gasteiger charge is -2.32. The first kappa shape index (κ1) is 27.7. The van der Waals surface area contributed by atoms with E-state index in [4.69, 9.17) is 0 Å². The Kier molecular flexibility index (Phi) is 7.91. The molecule has 1 spiro atoms. The largest absolute Gasteiger partial charge is 0.471 e. The van der Waals surface area contributed by atoms with E-state index in [0.717, 1.165) is 32.1 Å². The smallest absolute Gasteiger partial charge is 0.350 e. The fraction of sp³-hybridized carbons (Fsp3) is 0.792. The monoisotopic (exact) mass is 513 g/mol. The van der Waals surface area contributed by atoms with Crippen molar-refractivity contribution in [3.05, 3.63) is 0 Å². The van der Waals surface area contributed by atoms with Crippen LogP contribution >= 0.6 is 0 Å². The molecule has 1 heterocycles. The van der Waals surface area contributed by atoms with Crippen LogP contribution in [0.3, 0.4) is 0 Å². The van der Waals surface area contributed by atoms with Crippen LogP contribution in [0.5, 0.6) is 0 Å². The summed E-state index contributed by atoms with van der Waals surface area (Å²) in [5.41, 5.74) is -1.17. The molecule has 0 radical (unpaired) electrons. The Morgan fingerprint density at radius 2 is 1.67 bits per heavy atom. The van der Waals surface area contributed by atoms with Gasteiger partial charge in [-0.25, -0.2) is 0 Å². The van der Waals surface area contributed by atoms with Crippen molar-refractivity contribution >= 4 is 23.6 Å². The van der Waals surface area contributed by atoms with Crippen LogP contribution in [-0.4, -0.2) is 53.5 Å². The normalized spacial score (nSPS) is 23.5. The zero-order valence-electron chi connectivity index (χ0n) is 20.8. The van der Waals surface area contributed by atoms with Gasteiger partial charge in [0.2, 0.25) is 17.7 Å². The maximum atomic E-state index is 13.1. The highest BCUT2D eigenvalue weighted by Crippen LogP contribution is 2.44. The predicted molar refractivity (Wildman–Crippen MR) is 122 cm³/mol. The number of rotatable bonds is 9. The second-order valence-corrected chi connectivity index (χ2v) is 11.4. The van der Waals surface area contributed by atoms with Gasteiger partial charge in [0, 0.05) is 11.5 Å². The highest BCUT2D eigenvalue weighted by atomic mass is 19.4. The summed E-state index contributed by atoms with van der Waals surface area (Å²) >= 11 is 0. The lowest BCUT2D eigenvalue weighted by Crippen LogP contribution is -2.60. The van der Waals surface area contributed by atoms with Crippen LogP contribution in [0.1, 0.15) is 72.1 Å². The topological polar surface area (TPSA) is 140 Å². The van der Waals surface area contributed by atoms with Crippen molar-refractivity contribution in [3.8, 4) is 6.07 Å². The quantitative estimate of drug-likeness (QED) is 0.372. The van der Waals surface area contributed by atoms with E-state index in [1.807, 2.05) is 6.07 Å². The minimum absolute atomic E-state index is 0.0935. The van der Waals surface area contributed by atoms with Gasteiger partial charge in [0.25, 0.3) is 0 Å². The van der Waals surface area contributed by atoms with Gasteiger partial charge in [-0.15, -0.1) is 0 Å². The molecule has 1 saturated heterocycles. The summed E-state index contributed by atoms with van der Waals surface area (Å²) in [5.74, 6) is -4.20. The third-order valence-corrected chi connectivity index (χ3v) is 7.14. The number of nitrogens with one attached hydrogen (secondary N) is 4. The Morgan fingerprint density at radius 1 is 1.03 bits per heavy atom.